The molecule has 1 fully saturated rings. The molecule has 6 heteroatoms. The number of carbonyl (C=O) groups excluding carboxylic acids is 2. The van der Waals surface area contributed by atoms with E-state index in [0.717, 1.165) is 24.1 Å². The van der Waals surface area contributed by atoms with E-state index in [1.807, 2.05) is 13.0 Å². The zero-order valence-electron chi connectivity index (χ0n) is 16.1. The molecule has 0 bridgehead atoms. The molecule has 0 saturated heterocycles. The van der Waals surface area contributed by atoms with Gasteiger partial charge in [-0.25, -0.2) is 9.18 Å². The van der Waals surface area contributed by atoms with Crippen LogP contribution >= 0.6 is 11.3 Å². The third-order valence-corrected chi connectivity index (χ3v) is 6.69. The van der Waals surface area contributed by atoms with Gasteiger partial charge in [0.05, 0.1) is 12.8 Å². The minimum absolute atomic E-state index is 0.0237. The molecule has 0 spiro atoms. The van der Waals surface area contributed by atoms with Crippen molar-refractivity contribution in [2.24, 2.45) is 0 Å². The van der Waals surface area contributed by atoms with Crippen LogP contribution in [0.3, 0.4) is 0 Å². The van der Waals surface area contributed by atoms with Gasteiger partial charge >= 0.3 is 5.97 Å². The van der Waals surface area contributed by atoms with Gasteiger partial charge in [0, 0.05) is 17.3 Å². The summed E-state index contributed by atoms with van der Waals surface area (Å²) in [6.07, 6.45) is 8.37. The molecule has 0 N–H and O–H groups in total. The molecule has 1 amide bonds. The lowest BCUT2D eigenvalue weighted by atomic mass is 9.92. The molecular weight excluding hydrogens is 365 g/mol. The number of hydrogen-bond donors (Lipinski definition) is 0. The van der Waals surface area contributed by atoms with Gasteiger partial charge in [-0.15, -0.1) is 11.3 Å². The molecule has 4 nitrogen and oxygen atoms in total. The minimum Gasteiger partial charge on any atom is -0.465 e. The van der Waals surface area contributed by atoms with Gasteiger partial charge in [0.15, 0.2) is 0 Å². The number of anilines is 1. The zero-order valence-corrected chi connectivity index (χ0v) is 16.9. The molecule has 148 valence electrons. The number of ether oxygens (including phenoxy) is 1. The van der Waals surface area contributed by atoms with Crippen molar-refractivity contribution in [3.63, 3.8) is 0 Å². The molecule has 3 rings (SSSR count). The minimum atomic E-state index is -0.787. The topological polar surface area (TPSA) is 46.6 Å². The van der Waals surface area contributed by atoms with Gasteiger partial charge in [-0.1, -0.05) is 13.0 Å². The Bertz CT molecular complexity index is 719. The van der Waals surface area contributed by atoms with E-state index in [1.54, 1.807) is 4.90 Å². The number of nitrogens with zero attached hydrogens (tertiary/aromatic N) is 1. The lowest BCUT2D eigenvalue weighted by molar-refractivity contribution is -0.119. The van der Waals surface area contributed by atoms with Crippen molar-refractivity contribution >= 4 is 34.5 Å². The first-order valence-corrected chi connectivity index (χ1v) is 10.7. The fraction of sp³-hybridized carbons (Fsp3) is 0.619. The van der Waals surface area contributed by atoms with Crippen molar-refractivity contribution in [1.29, 1.82) is 0 Å². The normalized spacial score (nSPS) is 22.9. The predicted molar refractivity (Wildman–Crippen MR) is 107 cm³/mol. The molecule has 2 aliphatic rings. The van der Waals surface area contributed by atoms with E-state index >= 15 is 0 Å². The van der Waals surface area contributed by atoms with Gasteiger partial charge in [0.1, 0.15) is 11.0 Å². The van der Waals surface area contributed by atoms with Crippen molar-refractivity contribution < 1.29 is 18.7 Å². The van der Waals surface area contributed by atoms with Crippen LogP contribution in [0.1, 0.15) is 79.3 Å². The van der Waals surface area contributed by atoms with Crippen molar-refractivity contribution in [3.8, 4) is 0 Å². The van der Waals surface area contributed by atoms with Gasteiger partial charge in [-0.3, -0.25) is 4.79 Å². The summed E-state index contributed by atoms with van der Waals surface area (Å²) in [5, 5.41) is 0. The second-order valence-corrected chi connectivity index (χ2v) is 8.37. The molecule has 0 aliphatic heterocycles. The number of esters is 1. The van der Waals surface area contributed by atoms with Crippen LogP contribution in [0.25, 0.3) is 5.57 Å². The molecule has 0 aromatic carbocycles. The third-order valence-electron chi connectivity index (χ3n) is 5.51. The Morgan fingerprint density at radius 3 is 2.59 bits per heavy atom. The van der Waals surface area contributed by atoms with E-state index in [2.05, 4.69) is 6.08 Å². The summed E-state index contributed by atoms with van der Waals surface area (Å²) in [6, 6.07) is 1.92. The number of alkyl halides is 1. The van der Waals surface area contributed by atoms with Crippen LogP contribution < -0.4 is 4.90 Å². The Morgan fingerprint density at radius 2 is 2.00 bits per heavy atom. The molecule has 0 unspecified atom stereocenters. The lowest BCUT2D eigenvalue weighted by Crippen LogP contribution is -2.43. The lowest BCUT2D eigenvalue weighted by Gasteiger charge is -2.35. The maximum atomic E-state index is 13.6. The highest BCUT2D eigenvalue weighted by Crippen LogP contribution is 2.40. The maximum Gasteiger partial charge on any atom is 0.350 e. The van der Waals surface area contributed by atoms with Crippen LogP contribution in [-0.2, 0) is 9.53 Å². The Balaban J connectivity index is 2.01. The molecule has 1 saturated carbocycles. The van der Waals surface area contributed by atoms with Gasteiger partial charge in [0.25, 0.3) is 0 Å². The van der Waals surface area contributed by atoms with E-state index in [1.165, 1.54) is 30.4 Å². The fourth-order valence-electron chi connectivity index (χ4n) is 4.02. The third kappa shape index (κ3) is 4.42. The smallest absolute Gasteiger partial charge is 0.350 e. The number of hydrogen-bond acceptors (Lipinski definition) is 4. The summed E-state index contributed by atoms with van der Waals surface area (Å²) in [5.74, 6) is -0.435. The quantitative estimate of drug-likeness (QED) is 0.619. The molecule has 0 atom stereocenters. The number of allylic oxidation sites excluding steroid dienone is 2. The van der Waals surface area contributed by atoms with E-state index in [4.69, 9.17) is 4.74 Å². The summed E-state index contributed by atoms with van der Waals surface area (Å²) >= 11 is 1.41. The molecule has 1 aromatic heterocycles. The number of methoxy groups -OCH3 is 1. The highest BCUT2D eigenvalue weighted by molar-refractivity contribution is 7.15. The molecule has 2 aliphatic carbocycles. The fourth-order valence-corrected chi connectivity index (χ4v) is 5.15. The van der Waals surface area contributed by atoms with Crippen LogP contribution in [0.15, 0.2) is 12.1 Å². The summed E-state index contributed by atoms with van der Waals surface area (Å²) in [7, 11) is 1.37. The first-order valence-electron chi connectivity index (χ1n) is 9.92. The summed E-state index contributed by atoms with van der Waals surface area (Å²) in [4.78, 5) is 28.5. The first-order chi connectivity index (χ1) is 13.0. The van der Waals surface area contributed by atoms with Gasteiger partial charge in [0.2, 0.25) is 5.91 Å². The molecular formula is C21H28FNO3S. The van der Waals surface area contributed by atoms with Crippen molar-refractivity contribution in [2.75, 3.05) is 12.0 Å². The Labute approximate surface area is 164 Å². The van der Waals surface area contributed by atoms with E-state index in [9.17, 15) is 14.0 Å². The van der Waals surface area contributed by atoms with Crippen LogP contribution in [0.4, 0.5) is 10.1 Å². The number of amides is 1. The number of thiophene rings is 1. The van der Waals surface area contributed by atoms with E-state index in [0.29, 0.717) is 42.7 Å². The Morgan fingerprint density at radius 1 is 1.26 bits per heavy atom. The van der Waals surface area contributed by atoms with Crippen LogP contribution in [0, 0.1) is 0 Å². The predicted octanol–water partition coefficient (Wildman–Crippen LogP) is 5.52. The molecule has 27 heavy (non-hydrogen) atoms. The number of halogens is 1. The summed E-state index contributed by atoms with van der Waals surface area (Å²) < 4.78 is 18.6. The highest BCUT2D eigenvalue weighted by atomic mass is 32.1. The second kappa shape index (κ2) is 9.00. The molecule has 0 radical (unpaired) electrons. The van der Waals surface area contributed by atoms with Crippen LogP contribution in [0.5, 0.6) is 0 Å². The standard InChI is InChI=1S/C21H28FNO3S/c1-3-19(24)23(16-11-9-15(22)10-12-16)17-13-18(14-7-5-4-6-8-14)27-20(17)21(25)26-2/h7,13,15-16H,3-6,8-12H2,1-2H3. The van der Waals surface area contributed by atoms with Crippen LogP contribution in [-0.4, -0.2) is 31.2 Å². The maximum absolute atomic E-state index is 13.6. The Hall–Kier alpha value is -1.69. The van der Waals surface area contributed by atoms with Crippen molar-refractivity contribution in [2.45, 2.75) is 76.9 Å². The second-order valence-electron chi connectivity index (χ2n) is 7.31. The van der Waals surface area contributed by atoms with Crippen molar-refractivity contribution in [1.82, 2.24) is 0 Å². The average Bonchev–Trinajstić information content (AvgIpc) is 3.14. The monoisotopic (exact) mass is 393 g/mol. The zero-order chi connectivity index (χ0) is 19.4. The molecule has 1 aromatic rings. The van der Waals surface area contributed by atoms with E-state index < -0.39 is 12.1 Å². The average molecular weight is 394 g/mol. The SMILES string of the molecule is CCC(=O)N(c1cc(C2=CCCCC2)sc1C(=O)OC)C1CCC(F)CC1. The number of carbonyl (C=O) groups is 2. The largest absolute Gasteiger partial charge is 0.465 e. The Kier molecular flexibility index (Phi) is 6.68. The van der Waals surface area contributed by atoms with Gasteiger partial charge in [-0.2, -0.15) is 0 Å². The van der Waals surface area contributed by atoms with Crippen LogP contribution in [0.2, 0.25) is 0 Å². The highest BCUT2D eigenvalue weighted by Gasteiger charge is 2.33. The van der Waals surface area contributed by atoms with Crippen molar-refractivity contribution in [3.05, 3.63) is 21.9 Å². The number of rotatable bonds is 5. The molecule has 1 heterocycles. The van der Waals surface area contributed by atoms with Gasteiger partial charge < -0.3 is 9.64 Å². The van der Waals surface area contributed by atoms with Gasteiger partial charge in [-0.05, 0) is 63.0 Å². The van der Waals surface area contributed by atoms with E-state index in [-0.39, 0.29) is 11.9 Å². The first kappa shape index (κ1) is 20.1. The summed E-state index contributed by atoms with van der Waals surface area (Å²) in [6.45, 7) is 1.82. The summed E-state index contributed by atoms with van der Waals surface area (Å²) in [5.41, 5.74) is 1.89.